The zero-order valence-corrected chi connectivity index (χ0v) is 25.7. The molecule has 1 aliphatic carbocycles. The van der Waals surface area contributed by atoms with E-state index < -0.39 is 12.0 Å². The van der Waals surface area contributed by atoms with E-state index in [1.807, 2.05) is 30.5 Å². The Morgan fingerprint density at radius 3 is 2.56 bits per heavy atom. The second-order valence-corrected chi connectivity index (χ2v) is 13.5. The maximum absolute atomic E-state index is 12.5. The Morgan fingerprint density at radius 2 is 1.84 bits per heavy atom. The molecule has 0 bridgehead atoms. The number of anilines is 2. The molecule has 3 fully saturated rings. The minimum atomic E-state index is -0.730. The van der Waals surface area contributed by atoms with E-state index in [0.29, 0.717) is 36.0 Å². The molecule has 2 aromatic heterocycles. The Bertz CT molecular complexity index is 1430. The number of benzene rings is 1. The fourth-order valence-electron chi connectivity index (χ4n) is 6.00. The lowest BCUT2D eigenvalue weighted by molar-refractivity contribution is -0.198. The number of carbonyl (C=O) groups is 1. The summed E-state index contributed by atoms with van der Waals surface area (Å²) in [5, 5.41) is 5.94. The highest BCUT2D eigenvalue weighted by atomic mass is 16.8. The van der Waals surface area contributed by atoms with Crippen molar-refractivity contribution >= 4 is 28.7 Å². The highest BCUT2D eigenvalue weighted by Gasteiger charge is 2.56. The van der Waals surface area contributed by atoms with Crippen molar-refractivity contribution in [2.45, 2.75) is 89.6 Å². The van der Waals surface area contributed by atoms with Gasteiger partial charge >= 0.3 is 6.03 Å². The predicted molar refractivity (Wildman–Crippen MR) is 163 cm³/mol. The van der Waals surface area contributed by atoms with Crippen molar-refractivity contribution in [1.29, 1.82) is 0 Å². The molecule has 232 valence electrons. The van der Waals surface area contributed by atoms with Crippen LogP contribution in [0.1, 0.15) is 65.7 Å². The van der Waals surface area contributed by atoms with E-state index in [0.717, 1.165) is 25.2 Å². The van der Waals surface area contributed by atoms with Gasteiger partial charge in [-0.05, 0) is 68.7 Å². The van der Waals surface area contributed by atoms with Crippen LogP contribution >= 0.6 is 0 Å². The highest BCUT2D eigenvalue weighted by molar-refractivity contribution is 5.89. The summed E-state index contributed by atoms with van der Waals surface area (Å²) >= 11 is 0. The number of aromatic nitrogens is 4. The number of carbonyl (C=O) groups excluding carboxylic acids is 1. The van der Waals surface area contributed by atoms with Gasteiger partial charge in [0.05, 0.1) is 6.33 Å². The van der Waals surface area contributed by atoms with E-state index >= 15 is 0 Å². The maximum Gasteiger partial charge on any atom is 0.319 e. The summed E-state index contributed by atoms with van der Waals surface area (Å²) in [6, 6.07) is 7.82. The Morgan fingerprint density at radius 1 is 1.09 bits per heavy atom. The molecule has 2 amide bonds. The van der Waals surface area contributed by atoms with Crippen molar-refractivity contribution in [1.82, 2.24) is 29.7 Å². The number of hydrogen-bond acceptors (Lipinski definition) is 9. The first kappa shape index (κ1) is 29.7. The number of nitrogens with zero attached hydrogens (tertiary/aromatic N) is 5. The van der Waals surface area contributed by atoms with Gasteiger partial charge in [0.15, 0.2) is 23.5 Å². The third-order valence-corrected chi connectivity index (χ3v) is 8.38. The molecule has 4 heterocycles. The Kier molecular flexibility index (Phi) is 8.05. The van der Waals surface area contributed by atoms with Crippen molar-refractivity contribution in [3.63, 3.8) is 0 Å². The molecule has 3 aliphatic rings. The molecule has 0 radical (unpaired) electrons. The van der Waals surface area contributed by atoms with E-state index in [-0.39, 0.29) is 29.8 Å². The number of fused-ring (bicyclic) bond motifs is 2. The van der Waals surface area contributed by atoms with Gasteiger partial charge in [0, 0.05) is 25.3 Å². The first-order valence-electron chi connectivity index (χ1n) is 15.3. The van der Waals surface area contributed by atoms with Crippen molar-refractivity contribution < 1.29 is 19.0 Å². The van der Waals surface area contributed by atoms with Crippen LogP contribution in [-0.4, -0.2) is 80.7 Å². The standard InChI is InChI=1S/C31H44N8O4/c1-30(2,3)20-9-11-21(12-10-20)37-29(40)33-13-6-14-38(15-19-7-8-19)16-22-24-25(43-31(4,5)42-24)28(41-22)39-18-36-23-26(32)34-17-35-27(23)39/h9-12,17-19,22,24-25,28H,6-8,13-16H2,1-5H3,(H2,32,34,35)(H2,33,37,40)/t22-,24-,25-,28-/m1/s1. The fraction of sp³-hybridized carbons (Fsp3) is 0.613. The molecule has 12 nitrogen and oxygen atoms in total. The van der Waals surface area contributed by atoms with Gasteiger partial charge < -0.3 is 35.5 Å². The van der Waals surface area contributed by atoms with Crippen LogP contribution in [0.25, 0.3) is 11.2 Å². The Hall–Kier alpha value is -3.32. The molecular formula is C31H44N8O4. The molecule has 0 spiro atoms. The van der Waals surface area contributed by atoms with Crippen molar-refractivity contribution in [3.8, 4) is 0 Å². The zero-order chi connectivity index (χ0) is 30.4. The van der Waals surface area contributed by atoms with Crippen LogP contribution in [0.2, 0.25) is 0 Å². The number of imidazole rings is 1. The predicted octanol–water partition coefficient (Wildman–Crippen LogP) is 4.05. The normalized spacial score (nSPS) is 24.9. The van der Waals surface area contributed by atoms with Crippen LogP contribution in [0, 0.1) is 5.92 Å². The second-order valence-electron chi connectivity index (χ2n) is 13.5. The summed E-state index contributed by atoms with van der Waals surface area (Å²) < 4.78 is 21.2. The third-order valence-electron chi connectivity index (χ3n) is 8.38. The molecule has 0 unspecified atom stereocenters. The number of nitrogens with two attached hydrogens (primary N) is 1. The van der Waals surface area contributed by atoms with Gasteiger partial charge in [0.25, 0.3) is 0 Å². The largest absolute Gasteiger partial charge is 0.382 e. The summed E-state index contributed by atoms with van der Waals surface area (Å²) in [7, 11) is 0. The molecule has 2 aliphatic heterocycles. The minimum absolute atomic E-state index is 0.0724. The van der Waals surface area contributed by atoms with Gasteiger partial charge in [-0.1, -0.05) is 32.9 Å². The average molecular weight is 593 g/mol. The van der Waals surface area contributed by atoms with Gasteiger partial charge in [0.2, 0.25) is 0 Å². The molecule has 4 atom stereocenters. The smallest absolute Gasteiger partial charge is 0.319 e. The zero-order valence-electron chi connectivity index (χ0n) is 25.7. The van der Waals surface area contributed by atoms with Gasteiger partial charge in [-0.2, -0.15) is 0 Å². The summed E-state index contributed by atoms with van der Waals surface area (Å²) in [4.78, 5) is 27.9. The molecule has 3 aromatic rings. The average Bonchev–Trinajstić information content (AvgIpc) is 3.43. The lowest BCUT2D eigenvalue weighted by Gasteiger charge is -2.29. The molecule has 6 rings (SSSR count). The van der Waals surface area contributed by atoms with Crippen LogP contribution < -0.4 is 16.4 Å². The van der Waals surface area contributed by atoms with Crippen molar-refractivity contribution in [3.05, 3.63) is 42.5 Å². The first-order valence-corrected chi connectivity index (χ1v) is 15.3. The number of hydrogen-bond donors (Lipinski definition) is 3. The summed E-state index contributed by atoms with van der Waals surface area (Å²) in [5.41, 5.74) is 9.27. The molecular weight excluding hydrogens is 548 g/mol. The van der Waals surface area contributed by atoms with Gasteiger partial charge in [-0.3, -0.25) is 4.57 Å². The monoisotopic (exact) mass is 592 g/mol. The quantitative estimate of drug-likeness (QED) is 0.297. The van der Waals surface area contributed by atoms with E-state index in [1.54, 1.807) is 6.33 Å². The molecule has 43 heavy (non-hydrogen) atoms. The third kappa shape index (κ3) is 6.77. The summed E-state index contributed by atoms with van der Waals surface area (Å²) in [6.45, 7) is 13.5. The van der Waals surface area contributed by atoms with Crippen LogP contribution in [0.15, 0.2) is 36.9 Å². The molecule has 1 aromatic carbocycles. The van der Waals surface area contributed by atoms with E-state index in [4.69, 9.17) is 19.9 Å². The van der Waals surface area contributed by atoms with Crippen LogP contribution in [0.4, 0.5) is 16.3 Å². The SMILES string of the molecule is CC1(C)O[C@@H]2[C@H](O1)[C@@H](CN(CCCNC(=O)Nc1ccc(C(C)(C)C)cc1)CC1CC1)O[C@H]2n1cnc2c(N)ncnc21. The van der Waals surface area contributed by atoms with E-state index in [1.165, 1.54) is 24.7 Å². The Labute approximate surface area is 252 Å². The van der Waals surface area contributed by atoms with Gasteiger partial charge in [-0.25, -0.2) is 19.7 Å². The number of urea groups is 1. The second kappa shape index (κ2) is 11.6. The van der Waals surface area contributed by atoms with Gasteiger partial charge in [-0.15, -0.1) is 0 Å². The molecule has 4 N–H and O–H groups in total. The number of nitrogens with one attached hydrogen (secondary N) is 2. The highest BCUT2D eigenvalue weighted by Crippen LogP contribution is 2.44. The lowest BCUT2D eigenvalue weighted by atomic mass is 9.87. The van der Waals surface area contributed by atoms with Crippen LogP contribution in [0.5, 0.6) is 0 Å². The number of rotatable bonds is 10. The number of ether oxygens (including phenoxy) is 3. The van der Waals surface area contributed by atoms with E-state index in [2.05, 4.69) is 63.4 Å². The maximum atomic E-state index is 12.5. The Balaban J connectivity index is 1.06. The molecule has 1 saturated carbocycles. The van der Waals surface area contributed by atoms with Crippen LogP contribution in [0.3, 0.4) is 0 Å². The first-order chi connectivity index (χ1) is 20.5. The molecule has 2 saturated heterocycles. The van der Waals surface area contributed by atoms with Crippen molar-refractivity contribution in [2.24, 2.45) is 5.92 Å². The van der Waals surface area contributed by atoms with Crippen LogP contribution in [-0.2, 0) is 19.6 Å². The summed E-state index contributed by atoms with van der Waals surface area (Å²) in [6.07, 6.45) is 5.21. The van der Waals surface area contributed by atoms with E-state index in [9.17, 15) is 4.79 Å². The van der Waals surface area contributed by atoms with Gasteiger partial charge in [0.1, 0.15) is 30.2 Å². The minimum Gasteiger partial charge on any atom is -0.382 e. The summed E-state index contributed by atoms with van der Waals surface area (Å²) in [5.74, 6) is 0.302. The topological polar surface area (TPSA) is 142 Å². The number of amides is 2. The lowest BCUT2D eigenvalue weighted by Crippen LogP contribution is -2.42. The van der Waals surface area contributed by atoms with Crippen molar-refractivity contribution in [2.75, 3.05) is 37.2 Å². The fourth-order valence-corrected chi connectivity index (χ4v) is 6.00. The number of nitrogen functional groups attached to an aromatic ring is 1. The molecule has 12 heteroatoms.